The number of rotatable bonds is 0. The molecular formula is C8H25NO8P2S2. The van der Waals surface area contributed by atoms with Crippen molar-refractivity contribution in [2.24, 2.45) is 0 Å². The van der Waals surface area contributed by atoms with Crippen LogP contribution in [0.2, 0.25) is 0 Å². The first-order valence-electron chi connectivity index (χ1n) is 4.70. The number of carbonyl (C=O) groups is 1. The Labute approximate surface area is 135 Å². The van der Waals surface area contributed by atoms with Crippen LogP contribution in [0.15, 0.2) is 0 Å². The lowest BCUT2D eigenvalue weighted by Gasteiger charge is -2.25. The van der Waals surface area contributed by atoms with Gasteiger partial charge in [-0.15, -0.1) is 0 Å². The molecule has 0 spiro atoms. The Morgan fingerprint density at radius 1 is 0.952 bits per heavy atom. The fraction of sp³-hybridized carbons (Fsp3) is 0.875. The predicted molar refractivity (Wildman–Crippen MR) is 88.4 cm³/mol. The molecule has 21 heavy (non-hydrogen) atoms. The van der Waals surface area contributed by atoms with Crippen LogP contribution in [0, 0.1) is 0 Å². The summed E-state index contributed by atoms with van der Waals surface area (Å²) in [7, 11) is 0. The molecule has 1 heterocycles. The molecular weight excluding hydrogens is 364 g/mol. The number of hydrogen-bond acceptors (Lipinski definition) is 4. The third-order valence-electron chi connectivity index (χ3n) is 1.46. The molecule has 0 aliphatic carbocycles. The monoisotopic (exact) mass is 389 g/mol. The molecule has 0 aromatic heterocycles. The van der Waals surface area contributed by atoms with Gasteiger partial charge in [-0.05, 0) is 23.6 Å². The van der Waals surface area contributed by atoms with Crippen molar-refractivity contribution in [3.05, 3.63) is 0 Å². The second-order valence-electron chi connectivity index (χ2n) is 3.14. The first-order valence-corrected chi connectivity index (χ1v) is 10.0. The zero-order chi connectivity index (χ0) is 15.7. The van der Waals surface area contributed by atoms with Gasteiger partial charge >= 0.3 is 13.4 Å². The van der Waals surface area contributed by atoms with E-state index in [0.29, 0.717) is 13.2 Å². The Hall–Kier alpha value is 0.490. The van der Waals surface area contributed by atoms with E-state index < -0.39 is 13.4 Å². The maximum atomic E-state index is 10.7. The standard InChI is InChI=1S/C6H11NO2.2CH4.2H3O3PS/c1-6(8)7-2-4-9-5-3-7;;;2*1-4(2,3)5/h2-5H2,1H3;2*1H4;2*(H3,1,2,3,5). The highest BCUT2D eigenvalue weighted by Gasteiger charge is 2.11. The van der Waals surface area contributed by atoms with Crippen LogP contribution in [0.4, 0.5) is 0 Å². The number of morpholine rings is 1. The SMILES string of the molecule is C.C.CC(=O)N1CCOCC1.OP(O)(O)=S.OP(O)(O)=S. The van der Waals surface area contributed by atoms with E-state index in [0.717, 1.165) is 13.1 Å². The smallest absolute Gasteiger partial charge is 0.319 e. The van der Waals surface area contributed by atoms with Crippen LogP contribution in [-0.2, 0) is 33.1 Å². The maximum absolute atomic E-state index is 10.7. The first-order chi connectivity index (χ1) is 8.30. The molecule has 0 aromatic rings. The Bertz CT molecular complexity index is 316. The Morgan fingerprint density at radius 3 is 1.33 bits per heavy atom. The molecule has 1 aliphatic heterocycles. The molecule has 0 atom stereocenters. The summed E-state index contributed by atoms with van der Waals surface area (Å²) in [4.78, 5) is 57.8. The second kappa shape index (κ2) is 14.1. The zero-order valence-electron chi connectivity index (χ0n) is 9.99. The Kier molecular flexibility index (Phi) is 19.8. The molecule has 9 nitrogen and oxygen atoms in total. The van der Waals surface area contributed by atoms with Gasteiger partial charge in [-0.2, -0.15) is 0 Å². The molecule has 0 unspecified atom stereocenters. The lowest BCUT2D eigenvalue weighted by molar-refractivity contribution is -0.132. The topological polar surface area (TPSA) is 151 Å². The predicted octanol–water partition coefficient (Wildman–Crippen LogP) is -0.487. The average molecular weight is 389 g/mol. The number of hydrogen-bond donors (Lipinski definition) is 6. The van der Waals surface area contributed by atoms with Gasteiger partial charge < -0.3 is 39.0 Å². The lowest BCUT2D eigenvalue weighted by atomic mass is 10.4. The summed E-state index contributed by atoms with van der Waals surface area (Å²) in [5.74, 6) is 0.151. The van der Waals surface area contributed by atoms with Crippen LogP contribution in [0.1, 0.15) is 21.8 Å². The number of nitrogens with zero attached hydrogens (tertiary/aromatic N) is 1. The molecule has 0 saturated carbocycles. The summed E-state index contributed by atoms with van der Waals surface area (Å²) in [5.41, 5.74) is 0. The highest BCUT2D eigenvalue weighted by atomic mass is 32.5. The van der Waals surface area contributed by atoms with Gasteiger partial charge in [-0.25, -0.2) is 0 Å². The van der Waals surface area contributed by atoms with Crippen LogP contribution in [0.3, 0.4) is 0 Å². The van der Waals surface area contributed by atoms with Gasteiger partial charge in [0, 0.05) is 20.0 Å². The van der Waals surface area contributed by atoms with E-state index in [1.807, 2.05) is 0 Å². The van der Waals surface area contributed by atoms with Crippen LogP contribution >= 0.6 is 13.4 Å². The molecule has 0 bridgehead atoms. The minimum Gasteiger partial charge on any atom is -0.378 e. The molecule has 0 aromatic carbocycles. The lowest BCUT2D eigenvalue weighted by Crippen LogP contribution is -2.39. The minimum atomic E-state index is -3.81. The van der Waals surface area contributed by atoms with Crippen molar-refractivity contribution in [2.75, 3.05) is 26.3 Å². The third kappa shape index (κ3) is 44.9. The number of carbonyl (C=O) groups excluding carboxylic acids is 1. The average Bonchev–Trinajstić information content (AvgIpc) is 2.13. The summed E-state index contributed by atoms with van der Waals surface area (Å²) < 4.78 is 5.06. The molecule has 132 valence electrons. The highest BCUT2D eigenvalue weighted by Crippen LogP contribution is 2.26. The van der Waals surface area contributed by atoms with Gasteiger partial charge in [0.25, 0.3) is 0 Å². The van der Waals surface area contributed by atoms with Crippen molar-refractivity contribution in [1.29, 1.82) is 0 Å². The van der Waals surface area contributed by atoms with Gasteiger partial charge in [0.15, 0.2) is 0 Å². The second-order valence-corrected chi connectivity index (χ2v) is 8.14. The largest absolute Gasteiger partial charge is 0.378 e. The van der Waals surface area contributed by atoms with Crippen LogP contribution in [-0.4, -0.2) is 66.5 Å². The summed E-state index contributed by atoms with van der Waals surface area (Å²) in [6, 6.07) is 0. The molecule has 1 rings (SSSR count). The molecule has 1 fully saturated rings. The van der Waals surface area contributed by atoms with E-state index >= 15 is 0 Å². The van der Waals surface area contributed by atoms with Crippen molar-refractivity contribution < 1.29 is 38.9 Å². The van der Waals surface area contributed by atoms with Gasteiger partial charge in [0.2, 0.25) is 5.91 Å². The third-order valence-corrected chi connectivity index (χ3v) is 1.46. The van der Waals surface area contributed by atoms with E-state index in [4.69, 9.17) is 34.1 Å². The van der Waals surface area contributed by atoms with Crippen molar-refractivity contribution >= 4 is 43.0 Å². The van der Waals surface area contributed by atoms with Gasteiger partial charge in [-0.3, -0.25) is 4.79 Å². The van der Waals surface area contributed by atoms with E-state index in [2.05, 4.69) is 23.6 Å². The van der Waals surface area contributed by atoms with Gasteiger partial charge in [0.05, 0.1) is 13.2 Å². The fourth-order valence-corrected chi connectivity index (χ4v) is 0.878. The van der Waals surface area contributed by atoms with Crippen molar-refractivity contribution in [3.8, 4) is 0 Å². The van der Waals surface area contributed by atoms with Gasteiger partial charge in [0.1, 0.15) is 0 Å². The van der Waals surface area contributed by atoms with Crippen LogP contribution in [0.5, 0.6) is 0 Å². The summed E-state index contributed by atoms with van der Waals surface area (Å²) in [5, 5.41) is 0. The van der Waals surface area contributed by atoms with E-state index in [-0.39, 0.29) is 20.8 Å². The summed E-state index contributed by atoms with van der Waals surface area (Å²) in [6.07, 6.45) is 0. The van der Waals surface area contributed by atoms with Crippen molar-refractivity contribution in [3.63, 3.8) is 0 Å². The van der Waals surface area contributed by atoms with E-state index in [9.17, 15) is 4.79 Å². The minimum absolute atomic E-state index is 0. The molecule has 13 heteroatoms. The highest BCUT2D eigenvalue weighted by molar-refractivity contribution is 8.06. The number of amides is 1. The molecule has 1 aliphatic rings. The van der Waals surface area contributed by atoms with E-state index in [1.54, 1.807) is 11.8 Å². The molecule has 1 saturated heterocycles. The maximum Gasteiger partial charge on any atom is 0.319 e. The van der Waals surface area contributed by atoms with Crippen LogP contribution < -0.4 is 0 Å². The fourth-order valence-electron chi connectivity index (χ4n) is 0.878. The Balaban J connectivity index is -0.000000106. The molecule has 0 radical (unpaired) electrons. The Morgan fingerprint density at radius 2 is 1.19 bits per heavy atom. The van der Waals surface area contributed by atoms with Crippen molar-refractivity contribution in [1.82, 2.24) is 4.90 Å². The summed E-state index contributed by atoms with van der Waals surface area (Å²) in [6.45, 7) is -3.12. The molecule has 6 N–H and O–H groups in total. The van der Waals surface area contributed by atoms with Gasteiger partial charge in [-0.1, -0.05) is 14.9 Å². The summed E-state index contributed by atoms with van der Waals surface area (Å²) >= 11 is 7.21. The number of ether oxygens (including phenoxy) is 1. The first kappa shape index (κ1) is 29.5. The zero-order valence-corrected chi connectivity index (χ0v) is 13.4. The van der Waals surface area contributed by atoms with Crippen molar-refractivity contribution in [2.45, 2.75) is 21.8 Å². The van der Waals surface area contributed by atoms with Crippen LogP contribution in [0.25, 0.3) is 0 Å². The van der Waals surface area contributed by atoms with E-state index in [1.165, 1.54) is 0 Å². The normalized spacial score (nSPS) is 14.1. The molecule has 1 amide bonds. The quantitative estimate of drug-likeness (QED) is 0.300.